The van der Waals surface area contributed by atoms with Crippen LogP contribution in [0, 0.1) is 6.92 Å². The highest BCUT2D eigenvalue weighted by Crippen LogP contribution is 2.39. The van der Waals surface area contributed by atoms with Crippen molar-refractivity contribution >= 4 is 17.5 Å². The second-order valence-corrected chi connectivity index (χ2v) is 5.34. The number of ether oxygens (including phenoxy) is 2. The molecular formula is C15H15NO6. The van der Waals surface area contributed by atoms with Crippen molar-refractivity contribution < 1.29 is 29.0 Å². The number of hydrogen-bond acceptors (Lipinski definition) is 6. The number of carbonyl (C=O) groups excluding carboxylic acids is 3. The van der Waals surface area contributed by atoms with Crippen LogP contribution in [0.1, 0.15) is 45.1 Å². The molecule has 2 aliphatic rings. The first-order valence-corrected chi connectivity index (χ1v) is 6.79. The molecule has 22 heavy (non-hydrogen) atoms. The molecule has 0 amide bonds. The Morgan fingerprint density at radius 2 is 2.09 bits per heavy atom. The van der Waals surface area contributed by atoms with Gasteiger partial charge in [0.1, 0.15) is 11.8 Å². The number of hydrogen-bond donors (Lipinski definition) is 1. The zero-order valence-electron chi connectivity index (χ0n) is 12.4. The monoisotopic (exact) mass is 305 g/mol. The van der Waals surface area contributed by atoms with Crippen LogP contribution in [-0.4, -0.2) is 40.4 Å². The summed E-state index contributed by atoms with van der Waals surface area (Å²) < 4.78 is 11.6. The lowest BCUT2D eigenvalue weighted by atomic mass is 9.95. The van der Waals surface area contributed by atoms with E-state index in [0.29, 0.717) is 11.3 Å². The lowest BCUT2D eigenvalue weighted by Gasteiger charge is -2.17. The van der Waals surface area contributed by atoms with Gasteiger partial charge in [-0.3, -0.25) is 14.4 Å². The molecule has 1 aromatic heterocycles. The third-order valence-electron chi connectivity index (χ3n) is 4.04. The summed E-state index contributed by atoms with van der Waals surface area (Å²) in [6, 6.07) is 0. The Bertz CT molecular complexity index is 742. The normalized spacial score (nSPS) is 23.0. The molecule has 1 aromatic rings. The summed E-state index contributed by atoms with van der Waals surface area (Å²) in [6.45, 7) is 3.06. The Balaban J connectivity index is 2.11. The van der Waals surface area contributed by atoms with E-state index in [1.807, 2.05) is 0 Å². The lowest BCUT2D eigenvalue weighted by molar-refractivity contribution is -0.151. The number of aromatic nitrogens is 1. The number of rotatable bonds is 2. The standard InChI is InChI=1S/C15H15NO6/c1-6-11-13(8(18)4-9(21-3)14(11)19)16-5-10(22-7(2)17)15(20)12(6)16/h4,10,15,20H,5H2,1-3H3. The minimum atomic E-state index is -1.07. The maximum atomic E-state index is 12.4. The maximum Gasteiger partial charge on any atom is 0.303 e. The molecule has 7 nitrogen and oxygen atoms in total. The topological polar surface area (TPSA) is 94.8 Å². The number of allylic oxidation sites excluding steroid dienone is 2. The number of aliphatic hydroxyl groups is 1. The van der Waals surface area contributed by atoms with Crippen LogP contribution in [0.4, 0.5) is 0 Å². The van der Waals surface area contributed by atoms with E-state index in [4.69, 9.17) is 9.47 Å². The predicted molar refractivity (Wildman–Crippen MR) is 73.4 cm³/mol. The number of esters is 1. The van der Waals surface area contributed by atoms with Crippen LogP contribution in [0.5, 0.6) is 0 Å². The van der Waals surface area contributed by atoms with Crippen molar-refractivity contribution in [2.24, 2.45) is 0 Å². The molecule has 2 atom stereocenters. The minimum Gasteiger partial charge on any atom is -0.492 e. The van der Waals surface area contributed by atoms with E-state index in [9.17, 15) is 19.5 Å². The van der Waals surface area contributed by atoms with Crippen molar-refractivity contribution in [2.45, 2.75) is 32.6 Å². The van der Waals surface area contributed by atoms with Crippen LogP contribution in [-0.2, 0) is 20.8 Å². The molecule has 0 aromatic carbocycles. The average Bonchev–Trinajstić information content (AvgIpc) is 2.91. The van der Waals surface area contributed by atoms with E-state index in [-0.39, 0.29) is 35.1 Å². The van der Waals surface area contributed by atoms with E-state index in [1.165, 1.54) is 14.0 Å². The molecule has 7 heteroatoms. The van der Waals surface area contributed by atoms with E-state index < -0.39 is 18.2 Å². The minimum absolute atomic E-state index is 0.0177. The van der Waals surface area contributed by atoms with Crippen LogP contribution in [0.25, 0.3) is 0 Å². The third kappa shape index (κ3) is 1.82. The van der Waals surface area contributed by atoms with Gasteiger partial charge in [-0.15, -0.1) is 0 Å². The third-order valence-corrected chi connectivity index (χ3v) is 4.04. The molecular weight excluding hydrogens is 290 g/mol. The summed E-state index contributed by atoms with van der Waals surface area (Å²) in [7, 11) is 1.33. The molecule has 0 radical (unpaired) electrons. The van der Waals surface area contributed by atoms with Gasteiger partial charge in [0.25, 0.3) is 0 Å². The van der Waals surface area contributed by atoms with Gasteiger partial charge in [0.05, 0.1) is 24.9 Å². The van der Waals surface area contributed by atoms with Gasteiger partial charge in [-0.05, 0) is 12.5 Å². The van der Waals surface area contributed by atoms with Gasteiger partial charge in [0.2, 0.25) is 11.6 Å². The van der Waals surface area contributed by atoms with Crippen LogP contribution in [0.15, 0.2) is 11.8 Å². The highest BCUT2D eigenvalue weighted by atomic mass is 16.6. The van der Waals surface area contributed by atoms with Crippen LogP contribution in [0.3, 0.4) is 0 Å². The fourth-order valence-corrected chi connectivity index (χ4v) is 3.17. The van der Waals surface area contributed by atoms with Crippen molar-refractivity contribution in [1.82, 2.24) is 4.57 Å². The van der Waals surface area contributed by atoms with Gasteiger partial charge < -0.3 is 19.1 Å². The van der Waals surface area contributed by atoms with Crippen molar-refractivity contribution in [3.8, 4) is 0 Å². The molecule has 0 saturated carbocycles. The Morgan fingerprint density at radius 3 is 2.68 bits per heavy atom. The zero-order valence-corrected chi connectivity index (χ0v) is 12.4. The SMILES string of the molecule is COC1=CC(=O)c2c(c(C)c3n2CC(OC(C)=O)C3O)C1=O. The fourth-order valence-electron chi connectivity index (χ4n) is 3.17. The molecule has 1 aliphatic carbocycles. The Hall–Kier alpha value is -2.41. The first-order chi connectivity index (χ1) is 10.4. The van der Waals surface area contributed by atoms with E-state index in [0.717, 1.165) is 6.08 Å². The van der Waals surface area contributed by atoms with E-state index in [2.05, 4.69) is 0 Å². The summed E-state index contributed by atoms with van der Waals surface area (Å²) in [6.07, 6.45) is -0.684. The Kier molecular flexibility index (Phi) is 3.17. The van der Waals surface area contributed by atoms with Crippen LogP contribution in [0.2, 0.25) is 0 Å². The van der Waals surface area contributed by atoms with E-state index >= 15 is 0 Å². The number of fused-ring (bicyclic) bond motifs is 3. The van der Waals surface area contributed by atoms with Gasteiger partial charge in [-0.1, -0.05) is 0 Å². The van der Waals surface area contributed by atoms with E-state index in [1.54, 1.807) is 11.5 Å². The zero-order chi connectivity index (χ0) is 16.2. The summed E-state index contributed by atoms with van der Waals surface area (Å²) in [5.41, 5.74) is 1.41. The van der Waals surface area contributed by atoms with Crippen molar-refractivity contribution in [1.29, 1.82) is 0 Å². The van der Waals surface area contributed by atoms with Crippen molar-refractivity contribution in [3.63, 3.8) is 0 Å². The van der Waals surface area contributed by atoms with Crippen molar-refractivity contribution in [2.75, 3.05) is 7.11 Å². The first-order valence-electron chi connectivity index (χ1n) is 6.79. The quantitative estimate of drug-likeness (QED) is 0.808. The number of Topliss-reactive ketones (excluding diaryl/α,β-unsaturated/α-hetero) is 1. The molecule has 116 valence electrons. The highest BCUT2D eigenvalue weighted by molar-refractivity contribution is 6.24. The summed E-state index contributed by atoms with van der Waals surface area (Å²) >= 11 is 0. The predicted octanol–water partition coefficient (Wildman–Crippen LogP) is 0.685. The number of methoxy groups -OCH3 is 1. The largest absolute Gasteiger partial charge is 0.492 e. The number of nitrogens with zero attached hydrogens (tertiary/aromatic N) is 1. The van der Waals surface area contributed by atoms with Crippen molar-refractivity contribution in [3.05, 3.63) is 34.3 Å². The van der Waals surface area contributed by atoms with Crippen LogP contribution < -0.4 is 0 Å². The Labute approximate surface area is 126 Å². The van der Waals surface area contributed by atoms with Gasteiger partial charge in [-0.2, -0.15) is 0 Å². The molecule has 1 aliphatic heterocycles. The summed E-state index contributed by atoms with van der Waals surface area (Å²) in [5.74, 6) is -1.27. The molecule has 1 N–H and O–H groups in total. The molecule has 0 bridgehead atoms. The molecule has 2 unspecified atom stereocenters. The molecule has 0 spiro atoms. The number of ketones is 2. The number of aliphatic hydroxyl groups excluding tert-OH is 1. The smallest absolute Gasteiger partial charge is 0.303 e. The summed E-state index contributed by atoms with van der Waals surface area (Å²) in [5, 5.41) is 10.3. The van der Waals surface area contributed by atoms with Gasteiger partial charge in [0.15, 0.2) is 11.9 Å². The second kappa shape index (κ2) is 4.81. The molecule has 0 saturated heterocycles. The highest BCUT2D eigenvalue weighted by Gasteiger charge is 2.43. The first kappa shape index (κ1) is 14.5. The van der Waals surface area contributed by atoms with Crippen LogP contribution >= 0.6 is 0 Å². The maximum absolute atomic E-state index is 12.4. The average molecular weight is 305 g/mol. The second-order valence-electron chi connectivity index (χ2n) is 5.34. The molecule has 3 rings (SSSR count). The van der Waals surface area contributed by atoms with Gasteiger partial charge in [0, 0.05) is 13.0 Å². The number of carbonyl (C=O) groups is 3. The summed E-state index contributed by atoms with van der Waals surface area (Å²) in [4.78, 5) is 35.8. The lowest BCUT2D eigenvalue weighted by Crippen LogP contribution is -2.25. The van der Waals surface area contributed by atoms with Gasteiger partial charge >= 0.3 is 5.97 Å². The molecule has 0 fully saturated rings. The molecule has 2 heterocycles. The van der Waals surface area contributed by atoms with Gasteiger partial charge in [-0.25, -0.2) is 0 Å². The fraction of sp³-hybridized carbons (Fsp3) is 0.400. The Morgan fingerprint density at radius 1 is 1.41 bits per heavy atom.